The fraction of sp³-hybridized carbons (Fsp3) is 0.371. The lowest BCUT2D eigenvalue weighted by Crippen LogP contribution is -1.92. The molecule has 0 aromatic heterocycles. The first kappa shape index (κ1) is 28.2. The predicted octanol–water partition coefficient (Wildman–Crippen LogP) is 9.40. The van der Waals surface area contributed by atoms with Gasteiger partial charge in [-0.05, 0) is 73.2 Å². The van der Waals surface area contributed by atoms with Crippen LogP contribution in [0.5, 0.6) is 0 Å². The third kappa shape index (κ3) is 9.90. The van der Waals surface area contributed by atoms with Gasteiger partial charge < -0.3 is 0 Å². The Labute approximate surface area is 222 Å². The molecule has 3 aromatic carbocycles. The molecule has 0 aliphatic carbocycles. The summed E-state index contributed by atoms with van der Waals surface area (Å²) >= 11 is 0. The lowest BCUT2D eigenvalue weighted by Gasteiger charge is -2.02. The molecule has 0 heterocycles. The van der Waals surface area contributed by atoms with Gasteiger partial charge in [0.1, 0.15) is 11.6 Å². The van der Waals surface area contributed by atoms with Gasteiger partial charge in [-0.1, -0.05) is 107 Å². The Morgan fingerprint density at radius 1 is 0.486 bits per heavy atom. The Balaban J connectivity index is 1.58. The second kappa shape index (κ2) is 15.7. The van der Waals surface area contributed by atoms with Crippen molar-refractivity contribution in [3.05, 3.63) is 106 Å². The summed E-state index contributed by atoms with van der Waals surface area (Å²) in [6, 6.07) is 18.3. The summed E-state index contributed by atoms with van der Waals surface area (Å²) < 4.78 is 29.3. The van der Waals surface area contributed by atoms with E-state index in [2.05, 4.69) is 61.8 Å². The first-order chi connectivity index (χ1) is 18.1. The monoisotopic (exact) mass is 496 g/mol. The maximum Gasteiger partial charge on any atom is 0.140 e. The molecule has 0 bridgehead atoms. The highest BCUT2D eigenvalue weighted by atomic mass is 19.1. The van der Waals surface area contributed by atoms with Crippen molar-refractivity contribution >= 4 is 0 Å². The summed E-state index contributed by atoms with van der Waals surface area (Å²) in [7, 11) is 0. The van der Waals surface area contributed by atoms with E-state index in [0.29, 0.717) is 0 Å². The Morgan fingerprint density at radius 3 is 1.32 bits per heavy atom. The van der Waals surface area contributed by atoms with Crippen LogP contribution in [-0.2, 0) is 12.8 Å². The second-order valence-corrected chi connectivity index (χ2v) is 9.68. The summed E-state index contributed by atoms with van der Waals surface area (Å²) in [5.41, 5.74) is 4.19. The molecule has 0 fully saturated rings. The Morgan fingerprint density at radius 2 is 0.865 bits per heavy atom. The fourth-order valence-electron chi connectivity index (χ4n) is 4.22. The van der Waals surface area contributed by atoms with Crippen LogP contribution in [0.25, 0.3) is 0 Å². The van der Waals surface area contributed by atoms with Crippen LogP contribution < -0.4 is 0 Å². The predicted molar refractivity (Wildman–Crippen MR) is 152 cm³/mol. The highest BCUT2D eigenvalue weighted by molar-refractivity contribution is 5.49. The average molecular weight is 497 g/mol. The molecular formula is C35H38F2. The third-order valence-electron chi connectivity index (χ3n) is 6.54. The van der Waals surface area contributed by atoms with E-state index in [1.807, 2.05) is 24.3 Å². The highest BCUT2D eigenvalue weighted by Crippen LogP contribution is 2.15. The van der Waals surface area contributed by atoms with E-state index in [9.17, 15) is 8.78 Å². The number of aryl methyl sites for hydroxylation is 2. The van der Waals surface area contributed by atoms with Gasteiger partial charge in [-0.2, -0.15) is 0 Å². The van der Waals surface area contributed by atoms with Gasteiger partial charge in [0.25, 0.3) is 0 Å². The minimum Gasteiger partial charge on any atom is -0.206 e. The molecule has 3 rings (SSSR count). The van der Waals surface area contributed by atoms with E-state index in [-0.39, 0.29) is 11.1 Å². The molecule has 0 nitrogen and oxygen atoms in total. The molecule has 0 saturated heterocycles. The fourth-order valence-corrected chi connectivity index (χ4v) is 4.22. The van der Waals surface area contributed by atoms with Gasteiger partial charge in [0.05, 0.1) is 11.1 Å². The molecule has 0 atom stereocenters. The standard InChI is InChI=1S/C35H38F2/c1-3-5-7-8-9-11-13-29-16-20-31(21-17-29)23-25-33-27-34(36)32(26-35(33)37)24-22-30-18-14-28(15-19-30)12-10-6-4-2/h14-21,26-27H,3-13H2,1-2H3. The number of rotatable bonds is 11. The van der Waals surface area contributed by atoms with Crippen LogP contribution in [0.1, 0.15) is 105 Å². The van der Waals surface area contributed by atoms with E-state index < -0.39 is 11.6 Å². The minimum atomic E-state index is -0.566. The van der Waals surface area contributed by atoms with E-state index in [0.717, 1.165) is 36.1 Å². The molecule has 0 unspecified atom stereocenters. The van der Waals surface area contributed by atoms with Gasteiger partial charge in [0.15, 0.2) is 0 Å². The van der Waals surface area contributed by atoms with Crippen molar-refractivity contribution in [1.29, 1.82) is 0 Å². The first-order valence-electron chi connectivity index (χ1n) is 13.8. The molecule has 0 saturated carbocycles. The lowest BCUT2D eigenvalue weighted by molar-refractivity contribution is 0.594. The van der Waals surface area contributed by atoms with Crippen LogP contribution in [0.15, 0.2) is 60.7 Å². The van der Waals surface area contributed by atoms with Gasteiger partial charge in [-0.15, -0.1) is 0 Å². The Bertz CT molecular complexity index is 1230. The minimum absolute atomic E-state index is 0.0362. The third-order valence-corrected chi connectivity index (χ3v) is 6.54. The number of unbranched alkanes of at least 4 members (excludes halogenated alkanes) is 7. The van der Waals surface area contributed by atoms with Crippen molar-refractivity contribution in [2.45, 2.75) is 84.5 Å². The lowest BCUT2D eigenvalue weighted by atomic mass is 10.0. The molecular weight excluding hydrogens is 458 g/mol. The van der Waals surface area contributed by atoms with Crippen molar-refractivity contribution in [2.75, 3.05) is 0 Å². The van der Waals surface area contributed by atoms with Crippen LogP contribution in [0.3, 0.4) is 0 Å². The van der Waals surface area contributed by atoms with Crippen molar-refractivity contribution in [1.82, 2.24) is 0 Å². The molecule has 3 aromatic rings. The van der Waals surface area contributed by atoms with E-state index in [1.54, 1.807) is 0 Å². The molecule has 37 heavy (non-hydrogen) atoms. The molecule has 0 aliphatic rings. The van der Waals surface area contributed by atoms with Crippen LogP contribution in [0.4, 0.5) is 8.78 Å². The van der Waals surface area contributed by atoms with E-state index >= 15 is 0 Å². The van der Waals surface area contributed by atoms with E-state index in [4.69, 9.17) is 0 Å². The summed E-state index contributed by atoms with van der Waals surface area (Å²) in [5, 5.41) is 0. The molecule has 0 aliphatic heterocycles. The van der Waals surface area contributed by atoms with E-state index in [1.165, 1.54) is 68.9 Å². The van der Waals surface area contributed by atoms with Gasteiger partial charge in [0.2, 0.25) is 0 Å². The highest BCUT2D eigenvalue weighted by Gasteiger charge is 2.07. The van der Waals surface area contributed by atoms with Crippen molar-refractivity contribution in [3.63, 3.8) is 0 Å². The van der Waals surface area contributed by atoms with Gasteiger partial charge in [0, 0.05) is 11.1 Å². The quantitative estimate of drug-likeness (QED) is 0.183. The van der Waals surface area contributed by atoms with Crippen molar-refractivity contribution in [3.8, 4) is 23.7 Å². The summed E-state index contributed by atoms with van der Waals surface area (Å²) in [5.74, 6) is 10.3. The molecule has 2 heteroatoms. The molecule has 0 amide bonds. The molecule has 0 radical (unpaired) electrons. The Hall–Kier alpha value is -3.36. The molecule has 0 N–H and O–H groups in total. The van der Waals surface area contributed by atoms with Gasteiger partial charge in [-0.25, -0.2) is 8.78 Å². The zero-order valence-electron chi connectivity index (χ0n) is 22.3. The molecule has 192 valence electrons. The van der Waals surface area contributed by atoms with Gasteiger partial charge in [-0.3, -0.25) is 0 Å². The van der Waals surface area contributed by atoms with Crippen LogP contribution in [0.2, 0.25) is 0 Å². The van der Waals surface area contributed by atoms with Crippen molar-refractivity contribution < 1.29 is 8.78 Å². The number of halogens is 2. The van der Waals surface area contributed by atoms with Crippen molar-refractivity contribution in [2.24, 2.45) is 0 Å². The van der Waals surface area contributed by atoms with Crippen LogP contribution in [-0.4, -0.2) is 0 Å². The zero-order chi connectivity index (χ0) is 26.3. The maximum absolute atomic E-state index is 14.6. The van der Waals surface area contributed by atoms with Crippen LogP contribution >= 0.6 is 0 Å². The number of hydrogen-bond acceptors (Lipinski definition) is 0. The SMILES string of the molecule is CCCCCCCCc1ccc(C#Cc2cc(F)c(C#Cc3ccc(CCCCC)cc3)cc2F)cc1. The normalized spacial score (nSPS) is 10.4. The first-order valence-corrected chi connectivity index (χ1v) is 13.8. The maximum atomic E-state index is 14.6. The van der Waals surface area contributed by atoms with Crippen LogP contribution in [0, 0.1) is 35.3 Å². The number of benzene rings is 3. The summed E-state index contributed by atoms with van der Waals surface area (Å²) in [6.07, 6.45) is 13.4. The molecule has 0 spiro atoms. The second-order valence-electron chi connectivity index (χ2n) is 9.68. The average Bonchev–Trinajstić information content (AvgIpc) is 2.91. The topological polar surface area (TPSA) is 0 Å². The number of hydrogen-bond donors (Lipinski definition) is 0. The summed E-state index contributed by atoms with van der Waals surface area (Å²) in [4.78, 5) is 0. The largest absolute Gasteiger partial charge is 0.206 e. The van der Waals surface area contributed by atoms with Gasteiger partial charge >= 0.3 is 0 Å². The Kier molecular flexibility index (Phi) is 12.0. The summed E-state index contributed by atoms with van der Waals surface area (Å²) in [6.45, 7) is 4.42. The smallest absolute Gasteiger partial charge is 0.140 e. The zero-order valence-corrected chi connectivity index (χ0v) is 22.3.